The van der Waals surface area contributed by atoms with E-state index in [0.717, 1.165) is 21.3 Å². The standard InChI is InChI=1S/C18H21BrN2O3/c1-12-8-14(19)5-6-15(12)20-11-18(22)21-10-13-4-7-16(23-2)17(9-13)24-3/h4-9,20H,10-11H2,1-3H3,(H,21,22). The molecule has 2 aromatic carbocycles. The van der Waals surface area contributed by atoms with Gasteiger partial charge in [0.15, 0.2) is 11.5 Å². The van der Waals surface area contributed by atoms with E-state index in [9.17, 15) is 4.79 Å². The van der Waals surface area contributed by atoms with Gasteiger partial charge in [0.05, 0.1) is 20.8 Å². The second-order valence-electron chi connectivity index (χ2n) is 5.28. The molecule has 0 radical (unpaired) electrons. The van der Waals surface area contributed by atoms with Gasteiger partial charge in [-0.2, -0.15) is 0 Å². The monoisotopic (exact) mass is 392 g/mol. The number of hydrogen-bond acceptors (Lipinski definition) is 4. The Morgan fingerprint density at radius 1 is 1.08 bits per heavy atom. The average molecular weight is 393 g/mol. The number of ether oxygens (including phenoxy) is 2. The van der Waals surface area contributed by atoms with Crippen LogP contribution < -0.4 is 20.1 Å². The van der Waals surface area contributed by atoms with Crippen LogP contribution in [0, 0.1) is 6.92 Å². The summed E-state index contributed by atoms with van der Waals surface area (Å²) in [6.07, 6.45) is 0. The Balaban J connectivity index is 1.87. The number of nitrogens with one attached hydrogen (secondary N) is 2. The van der Waals surface area contributed by atoms with Crippen LogP contribution in [0.2, 0.25) is 0 Å². The molecule has 0 aliphatic rings. The van der Waals surface area contributed by atoms with Crippen molar-refractivity contribution in [2.75, 3.05) is 26.1 Å². The van der Waals surface area contributed by atoms with Crippen LogP contribution >= 0.6 is 15.9 Å². The zero-order valence-corrected chi connectivity index (χ0v) is 15.6. The van der Waals surface area contributed by atoms with E-state index in [1.54, 1.807) is 14.2 Å². The Bertz CT molecular complexity index is 719. The molecule has 24 heavy (non-hydrogen) atoms. The summed E-state index contributed by atoms with van der Waals surface area (Å²) in [7, 11) is 3.18. The molecular weight excluding hydrogens is 372 g/mol. The van der Waals surface area contributed by atoms with E-state index in [1.807, 2.05) is 43.3 Å². The van der Waals surface area contributed by atoms with Crippen molar-refractivity contribution in [1.82, 2.24) is 5.32 Å². The largest absolute Gasteiger partial charge is 0.493 e. The van der Waals surface area contributed by atoms with Gasteiger partial charge in [-0.05, 0) is 48.4 Å². The van der Waals surface area contributed by atoms with E-state index in [0.29, 0.717) is 18.0 Å². The maximum atomic E-state index is 12.0. The van der Waals surface area contributed by atoms with Crippen LogP contribution in [-0.4, -0.2) is 26.7 Å². The lowest BCUT2D eigenvalue weighted by Gasteiger charge is -2.12. The Kier molecular flexibility index (Phi) is 6.49. The van der Waals surface area contributed by atoms with Crippen molar-refractivity contribution in [3.63, 3.8) is 0 Å². The van der Waals surface area contributed by atoms with Crippen molar-refractivity contribution in [2.45, 2.75) is 13.5 Å². The van der Waals surface area contributed by atoms with Gasteiger partial charge in [0.1, 0.15) is 0 Å². The summed E-state index contributed by atoms with van der Waals surface area (Å²) < 4.78 is 11.5. The predicted octanol–water partition coefficient (Wildman–Crippen LogP) is 3.50. The molecule has 2 aromatic rings. The van der Waals surface area contributed by atoms with Crippen LogP contribution in [0.3, 0.4) is 0 Å². The van der Waals surface area contributed by atoms with Gasteiger partial charge in [0.25, 0.3) is 0 Å². The SMILES string of the molecule is COc1ccc(CNC(=O)CNc2ccc(Br)cc2C)cc1OC. The number of benzene rings is 2. The number of rotatable bonds is 7. The fraction of sp³-hybridized carbons (Fsp3) is 0.278. The fourth-order valence-electron chi connectivity index (χ4n) is 2.25. The molecule has 0 aromatic heterocycles. The molecule has 0 unspecified atom stereocenters. The summed E-state index contributed by atoms with van der Waals surface area (Å²) in [4.78, 5) is 12.0. The molecule has 128 valence electrons. The van der Waals surface area contributed by atoms with Crippen molar-refractivity contribution in [3.8, 4) is 11.5 Å². The Morgan fingerprint density at radius 3 is 2.50 bits per heavy atom. The molecule has 6 heteroatoms. The maximum Gasteiger partial charge on any atom is 0.239 e. The molecule has 0 bridgehead atoms. The van der Waals surface area contributed by atoms with Crippen molar-refractivity contribution < 1.29 is 14.3 Å². The van der Waals surface area contributed by atoms with Crippen molar-refractivity contribution in [2.24, 2.45) is 0 Å². The number of hydrogen-bond donors (Lipinski definition) is 2. The van der Waals surface area contributed by atoms with Crippen molar-refractivity contribution in [3.05, 3.63) is 52.0 Å². The molecule has 2 N–H and O–H groups in total. The van der Waals surface area contributed by atoms with Crippen molar-refractivity contribution in [1.29, 1.82) is 0 Å². The van der Waals surface area contributed by atoms with Crippen LogP contribution in [0.5, 0.6) is 11.5 Å². The zero-order valence-electron chi connectivity index (χ0n) is 14.0. The lowest BCUT2D eigenvalue weighted by atomic mass is 10.2. The number of carbonyl (C=O) groups is 1. The quantitative estimate of drug-likeness (QED) is 0.756. The highest BCUT2D eigenvalue weighted by Crippen LogP contribution is 2.27. The minimum Gasteiger partial charge on any atom is -0.493 e. The normalized spacial score (nSPS) is 10.2. The molecule has 2 rings (SSSR count). The van der Waals surface area contributed by atoms with E-state index < -0.39 is 0 Å². The van der Waals surface area contributed by atoms with E-state index in [2.05, 4.69) is 26.6 Å². The highest BCUT2D eigenvalue weighted by atomic mass is 79.9. The third kappa shape index (κ3) is 4.89. The molecule has 0 heterocycles. The van der Waals surface area contributed by atoms with Crippen molar-refractivity contribution >= 4 is 27.5 Å². The van der Waals surface area contributed by atoms with E-state index in [1.165, 1.54) is 0 Å². The topological polar surface area (TPSA) is 59.6 Å². The van der Waals surface area contributed by atoms with Crippen LogP contribution in [0.4, 0.5) is 5.69 Å². The van der Waals surface area contributed by atoms with Gasteiger partial charge in [-0.25, -0.2) is 0 Å². The molecule has 0 saturated carbocycles. The second kappa shape index (κ2) is 8.59. The third-order valence-electron chi connectivity index (χ3n) is 3.57. The fourth-order valence-corrected chi connectivity index (χ4v) is 2.73. The summed E-state index contributed by atoms with van der Waals surface area (Å²) >= 11 is 3.42. The first-order chi connectivity index (χ1) is 11.5. The van der Waals surface area contributed by atoms with Gasteiger partial charge in [-0.15, -0.1) is 0 Å². The Labute approximate surface area is 150 Å². The molecule has 0 atom stereocenters. The third-order valence-corrected chi connectivity index (χ3v) is 4.06. The van der Waals surface area contributed by atoms with Gasteiger partial charge >= 0.3 is 0 Å². The van der Waals surface area contributed by atoms with Crippen LogP contribution in [0.1, 0.15) is 11.1 Å². The maximum absolute atomic E-state index is 12.0. The first-order valence-corrected chi connectivity index (χ1v) is 8.30. The number of amides is 1. The molecule has 0 saturated heterocycles. The first kappa shape index (κ1) is 18.1. The molecule has 0 aliphatic heterocycles. The Morgan fingerprint density at radius 2 is 1.83 bits per heavy atom. The Hall–Kier alpha value is -2.21. The highest BCUT2D eigenvalue weighted by Gasteiger charge is 2.07. The van der Waals surface area contributed by atoms with Gasteiger partial charge in [-0.3, -0.25) is 4.79 Å². The minimum atomic E-state index is -0.0768. The van der Waals surface area contributed by atoms with Gasteiger partial charge < -0.3 is 20.1 Å². The summed E-state index contributed by atoms with van der Waals surface area (Å²) in [5, 5.41) is 6.02. The molecule has 0 spiro atoms. The second-order valence-corrected chi connectivity index (χ2v) is 6.19. The molecule has 0 fully saturated rings. The van der Waals surface area contributed by atoms with E-state index >= 15 is 0 Å². The van der Waals surface area contributed by atoms with Gasteiger partial charge in [0.2, 0.25) is 5.91 Å². The first-order valence-electron chi connectivity index (χ1n) is 7.51. The van der Waals surface area contributed by atoms with Crippen LogP contribution in [0.15, 0.2) is 40.9 Å². The highest BCUT2D eigenvalue weighted by molar-refractivity contribution is 9.10. The molecule has 5 nitrogen and oxygen atoms in total. The van der Waals surface area contributed by atoms with Crippen LogP contribution in [0.25, 0.3) is 0 Å². The predicted molar refractivity (Wildman–Crippen MR) is 98.8 cm³/mol. The number of carbonyl (C=O) groups excluding carboxylic acids is 1. The zero-order chi connectivity index (χ0) is 17.5. The molecule has 0 aliphatic carbocycles. The number of halogens is 1. The summed E-state index contributed by atoms with van der Waals surface area (Å²) in [6, 6.07) is 11.5. The number of aryl methyl sites for hydroxylation is 1. The minimum absolute atomic E-state index is 0.0768. The lowest BCUT2D eigenvalue weighted by Crippen LogP contribution is -2.29. The number of methoxy groups -OCH3 is 2. The van der Waals surface area contributed by atoms with E-state index in [4.69, 9.17) is 9.47 Å². The van der Waals surface area contributed by atoms with Gasteiger partial charge in [0, 0.05) is 16.7 Å². The number of anilines is 1. The summed E-state index contributed by atoms with van der Waals surface area (Å²) in [5.74, 6) is 1.24. The smallest absolute Gasteiger partial charge is 0.239 e. The van der Waals surface area contributed by atoms with Crippen LogP contribution in [-0.2, 0) is 11.3 Å². The van der Waals surface area contributed by atoms with Gasteiger partial charge in [-0.1, -0.05) is 22.0 Å². The summed E-state index contributed by atoms with van der Waals surface area (Å²) in [6.45, 7) is 2.64. The average Bonchev–Trinajstić information content (AvgIpc) is 2.58. The molecule has 1 amide bonds. The lowest BCUT2D eigenvalue weighted by molar-refractivity contribution is -0.119. The molecular formula is C18H21BrN2O3. The van der Waals surface area contributed by atoms with E-state index in [-0.39, 0.29) is 12.5 Å². The summed E-state index contributed by atoms with van der Waals surface area (Å²) in [5.41, 5.74) is 2.97.